The molecule has 14 nitrogen and oxygen atoms in total. The fraction of sp³-hybridized carbons (Fsp3) is 1.00. The zero-order valence-electron chi connectivity index (χ0n) is 58.7. The van der Waals surface area contributed by atoms with Crippen molar-refractivity contribution in [2.75, 3.05) is 171 Å². The lowest BCUT2D eigenvalue weighted by Gasteiger charge is -2.36. The number of hydrogen-bond donors (Lipinski definition) is 1. The summed E-state index contributed by atoms with van der Waals surface area (Å²) in [5, 5.41) is 8.06. The first-order valence-electron chi connectivity index (χ1n) is 34.4. The van der Waals surface area contributed by atoms with Crippen LogP contribution in [0.15, 0.2) is 0 Å². The second-order valence-electron chi connectivity index (χ2n) is 26.5. The van der Waals surface area contributed by atoms with Crippen molar-refractivity contribution in [3.05, 3.63) is 0 Å². The molecule has 5 rings (SSSR count). The van der Waals surface area contributed by atoms with Gasteiger partial charge >= 0.3 is 0 Å². The maximum absolute atomic E-state index is 8.06. The number of aliphatic hydroxyl groups is 1. The van der Waals surface area contributed by atoms with E-state index in [0.29, 0.717) is 42.7 Å². The van der Waals surface area contributed by atoms with Gasteiger partial charge in [0.2, 0.25) is 0 Å². The lowest BCUT2D eigenvalue weighted by Crippen LogP contribution is -2.49. The maximum Gasteiger partial charge on any atom is 0.0518 e. The molecule has 0 amide bonds. The summed E-state index contributed by atoms with van der Waals surface area (Å²) < 4.78 is 32.8. The Hall–Kier alpha value is -0.560. The molecule has 2 atom stereocenters. The molecule has 5 aliphatic rings. The van der Waals surface area contributed by atoms with Crippen molar-refractivity contribution in [2.45, 2.75) is 264 Å². The van der Waals surface area contributed by atoms with E-state index in [0.717, 1.165) is 57.9 Å². The Morgan fingerprint density at radius 3 is 0.890 bits per heavy atom. The van der Waals surface area contributed by atoms with Crippen molar-refractivity contribution in [1.82, 2.24) is 34.3 Å². The number of piperidine rings is 3. The second kappa shape index (κ2) is 56.9. The summed E-state index contributed by atoms with van der Waals surface area (Å²) in [6.45, 7) is 69.0. The Morgan fingerprint density at radius 1 is 0.354 bits per heavy atom. The van der Waals surface area contributed by atoms with E-state index in [-0.39, 0.29) is 6.10 Å². The number of likely N-dealkylation sites (tertiary alicyclic amines) is 3. The lowest BCUT2D eigenvalue weighted by molar-refractivity contribution is 0.0604. The van der Waals surface area contributed by atoms with Gasteiger partial charge in [-0.3, -0.25) is 4.90 Å². The molecule has 5 aliphatic heterocycles. The molecule has 1 unspecified atom stereocenters. The Kier molecular flexibility index (Phi) is 58.0. The zero-order chi connectivity index (χ0) is 61.9. The number of likely N-dealkylation sites (N-methyl/N-ethyl adjacent to an activating group) is 1. The van der Waals surface area contributed by atoms with E-state index >= 15 is 0 Å². The van der Waals surface area contributed by atoms with Gasteiger partial charge in [-0.25, -0.2) is 0 Å². The quantitative estimate of drug-likeness (QED) is 0.0720. The summed E-state index contributed by atoms with van der Waals surface area (Å²) >= 11 is 0. The monoisotopic (exact) mass is 1170 g/mol. The van der Waals surface area contributed by atoms with E-state index in [1.54, 1.807) is 13.8 Å². The Morgan fingerprint density at radius 2 is 0.622 bits per heavy atom. The molecule has 0 aromatic heterocycles. The van der Waals surface area contributed by atoms with Gasteiger partial charge in [0.05, 0.1) is 36.6 Å². The molecule has 82 heavy (non-hydrogen) atoms. The molecule has 5 fully saturated rings. The number of piperazine rings is 2. The average Bonchev–Trinajstić information content (AvgIpc) is 3.41. The first-order valence-corrected chi connectivity index (χ1v) is 34.4. The maximum atomic E-state index is 8.06. The third-order valence-electron chi connectivity index (χ3n) is 14.7. The minimum absolute atomic E-state index is 0.167. The third kappa shape index (κ3) is 59.8. The number of nitrogens with zero attached hydrogens (tertiary/aromatic N) is 7. The summed E-state index contributed by atoms with van der Waals surface area (Å²) in [7, 11) is 2.19. The molecule has 496 valence electrons. The van der Waals surface area contributed by atoms with Gasteiger partial charge in [-0.15, -0.1) is 0 Å². The topological polar surface area (TPSA) is 98.3 Å². The highest BCUT2D eigenvalue weighted by Crippen LogP contribution is 2.17. The van der Waals surface area contributed by atoms with Crippen molar-refractivity contribution in [2.24, 2.45) is 11.8 Å². The van der Waals surface area contributed by atoms with Crippen LogP contribution >= 0.6 is 0 Å². The second-order valence-corrected chi connectivity index (χ2v) is 26.5. The largest absolute Gasteiger partial charge is 0.394 e. The first kappa shape index (κ1) is 83.5. The van der Waals surface area contributed by atoms with Gasteiger partial charge < -0.3 is 62.9 Å². The summed E-state index contributed by atoms with van der Waals surface area (Å²) in [4.78, 5) is 17.8. The normalized spacial score (nSPS) is 20.2. The van der Waals surface area contributed by atoms with Gasteiger partial charge in [0.25, 0.3) is 0 Å². The molecule has 0 bridgehead atoms. The predicted octanol–water partition coefficient (Wildman–Crippen LogP) is 12.4. The van der Waals surface area contributed by atoms with Crippen LogP contribution in [-0.2, 0) is 28.4 Å². The van der Waals surface area contributed by atoms with Crippen LogP contribution in [0.4, 0.5) is 0 Å². The van der Waals surface area contributed by atoms with Crippen molar-refractivity contribution in [3.63, 3.8) is 0 Å². The Labute approximate surface area is 512 Å². The third-order valence-corrected chi connectivity index (χ3v) is 14.7. The van der Waals surface area contributed by atoms with Crippen LogP contribution in [0.1, 0.15) is 215 Å². The van der Waals surface area contributed by atoms with Crippen molar-refractivity contribution < 1.29 is 33.5 Å². The summed E-state index contributed by atoms with van der Waals surface area (Å²) in [6.07, 6.45) is 19.0. The van der Waals surface area contributed by atoms with Gasteiger partial charge in [-0.1, -0.05) is 27.2 Å². The molecule has 0 radical (unpaired) electrons. The summed E-state index contributed by atoms with van der Waals surface area (Å²) in [5.41, 5.74) is 0. The Bertz CT molecular complexity index is 1240. The predicted molar refractivity (Wildman–Crippen MR) is 354 cm³/mol. The molecular weight excluding hydrogens is 1030 g/mol. The summed E-state index contributed by atoms with van der Waals surface area (Å²) in [5.74, 6) is 1.80. The molecule has 0 saturated carbocycles. The zero-order valence-corrected chi connectivity index (χ0v) is 58.7. The number of hydrogen-bond acceptors (Lipinski definition) is 14. The van der Waals surface area contributed by atoms with Crippen LogP contribution in [0.3, 0.4) is 0 Å². The molecule has 1 N–H and O–H groups in total. The van der Waals surface area contributed by atoms with E-state index in [2.05, 4.69) is 159 Å². The fourth-order valence-electron chi connectivity index (χ4n) is 10.1. The number of ether oxygens (including phenoxy) is 6. The fourth-order valence-corrected chi connectivity index (χ4v) is 10.1. The van der Waals surface area contributed by atoms with Crippen LogP contribution in [0, 0.1) is 11.8 Å². The van der Waals surface area contributed by atoms with Gasteiger partial charge in [0, 0.05) is 150 Å². The molecule has 0 aromatic rings. The van der Waals surface area contributed by atoms with E-state index in [1.165, 1.54) is 201 Å². The average molecular weight is 1170 g/mol. The summed E-state index contributed by atoms with van der Waals surface area (Å²) in [6, 6.07) is 0.700. The van der Waals surface area contributed by atoms with Crippen molar-refractivity contribution >= 4 is 0 Å². The van der Waals surface area contributed by atoms with E-state index in [4.69, 9.17) is 33.5 Å². The van der Waals surface area contributed by atoms with Crippen LogP contribution in [0.5, 0.6) is 0 Å². The molecule has 5 heterocycles. The SMILES string of the molecule is CC(C)O.CC(C)OCCCN1CCCCC1.CC(C)OCCCN1CCC[C@H](C)C1.CC(C)OCCCN1CCN(C(C)C)CC1.CC(C)OCCCN1CCN(C)CC1.CC1CCCN(CCCOC(C)C)C1.CCCOC(C)C. The van der Waals surface area contributed by atoms with Gasteiger partial charge in [0.1, 0.15) is 0 Å². The van der Waals surface area contributed by atoms with Crippen LogP contribution in [0.2, 0.25) is 0 Å². The minimum Gasteiger partial charge on any atom is -0.394 e. The number of rotatable bonds is 29. The minimum atomic E-state index is -0.167. The first-order chi connectivity index (χ1) is 38.9. The van der Waals surface area contributed by atoms with Crippen LogP contribution in [0.25, 0.3) is 0 Å². The van der Waals surface area contributed by atoms with Crippen LogP contribution < -0.4 is 0 Å². The van der Waals surface area contributed by atoms with Gasteiger partial charge in [-0.2, -0.15) is 0 Å². The Balaban J connectivity index is 0. The highest BCUT2D eigenvalue weighted by atomic mass is 16.5. The van der Waals surface area contributed by atoms with E-state index in [9.17, 15) is 0 Å². The molecule has 0 aromatic carbocycles. The van der Waals surface area contributed by atoms with Crippen molar-refractivity contribution in [3.8, 4) is 0 Å². The molecule has 5 saturated heterocycles. The van der Waals surface area contributed by atoms with Crippen LogP contribution in [-0.4, -0.2) is 259 Å². The highest BCUT2D eigenvalue weighted by molar-refractivity contribution is 4.75. The molecule has 14 heteroatoms. The molecule has 0 aliphatic carbocycles. The van der Waals surface area contributed by atoms with Gasteiger partial charge in [-0.05, 0) is 233 Å². The van der Waals surface area contributed by atoms with Gasteiger partial charge in [0.15, 0.2) is 0 Å². The van der Waals surface area contributed by atoms with E-state index < -0.39 is 0 Å². The smallest absolute Gasteiger partial charge is 0.0518 e. The van der Waals surface area contributed by atoms with E-state index in [1.807, 2.05) is 0 Å². The lowest BCUT2D eigenvalue weighted by atomic mass is 10.0. The molecular formula is C68H147N7O7. The molecule has 0 spiro atoms. The number of aliphatic hydroxyl groups excluding tert-OH is 1. The van der Waals surface area contributed by atoms with Crippen molar-refractivity contribution in [1.29, 1.82) is 0 Å². The standard InChI is InChI=1S/C13H28N2O.2C12H25NO.C11H24N2O.C11H23NO.C6H14O.C3H8O/c1-12(2)15-9-7-14(8-10-15)6-5-11-16-13(3)4;2*1-11(2)14-9-5-8-13-7-4-6-12(3)10-13;1-11(2)14-10-4-5-13-8-6-12(3)7-9-13;1-11(2)13-10-6-9-12-7-4-3-5-8-12;1-4-5-7-6(2)3;1-3(2)4/h12-13H,5-11H2,1-4H3;2*11-12H,4-10H2,1-3H3;11H,4-10H2,1-3H3;11H,3-10H2,1-2H3;6H,4-5H2,1-3H3;3-4H,1-2H3/t;12-;;;;;/m.0...../s1. The highest BCUT2D eigenvalue weighted by Gasteiger charge is 2.19.